The van der Waals surface area contributed by atoms with Crippen LogP contribution in [-0.4, -0.2) is 0 Å². The summed E-state index contributed by atoms with van der Waals surface area (Å²) in [5.41, 5.74) is 0. The van der Waals surface area contributed by atoms with Crippen LogP contribution in [0.25, 0.3) is 0 Å². The van der Waals surface area contributed by atoms with E-state index in [-0.39, 0.29) is 112 Å². The molecule has 0 N–H and O–H groups in total. The minimum absolute atomic E-state index is 0. The van der Waals surface area contributed by atoms with Gasteiger partial charge in [0, 0.05) is 0 Å². The maximum Gasteiger partial charge on any atom is 3.00 e. The van der Waals surface area contributed by atoms with E-state index < -0.39 is 0 Å². The molecule has 0 rings (SSSR count). The Hall–Kier alpha value is 3.38. The molecule has 0 radical (unpaired) electrons. The molecule has 0 atom stereocenters. The molecule has 0 saturated carbocycles. The third-order valence-corrected chi connectivity index (χ3v) is 0. The monoisotopic (exact) mass is 145 g/mol. The molecule has 0 nitrogen and oxygen atoms in total. The van der Waals surface area contributed by atoms with Crippen molar-refractivity contribution in [3.63, 3.8) is 0 Å². The van der Waals surface area contributed by atoms with E-state index in [9.17, 15) is 0 Å². The van der Waals surface area contributed by atoms with Crippen molar-refractivity contribution in [2.24, 2.45) is 0 Å². The van der Waals surface area contributed by atoms with Crippen molar-refractivity contribution in [3.8, 4) is 0 Å². The molecule has 0 aliphatic heterocycles. The third kappa shape index (κ3) is 9.03. The average molecular weight is 145 g/mol. The van der Waals surface area contributed by atoms with Crippen LogP contribution in [-0.2, 0) is 51.7 Å². The first kappa shape index (κ1) is 26.3. The molecular weight excluding hydrogens is 141 g/mol. The smallest absolute Gasteiger partial charge is 1.00 e. The van der Waals surface area contributed by atoms with Gasteiger partial charge in [0.25, 0.3) is 0 Å². The van der Waals surface area contributed by atoms with Gasteiger partial charge in [-0.1, -0.05) is 0 Å². The quantitative estimate of drug-likeness (QED) is 0.262. The van der Waals surface area contributed by atoms with Gasteiger partial charge in [0.2, 0.25) is 0 Å². The number of rotatable bonds is 0. The van der Waals surface area contributed by atoms with Crippen molar-refractivity contribution in [3.05, 3.63) is 7.43 Å². The van der Waals surface area contributed by atoms with Gasteiger partial charge in [0.15, 0.2) is 0 Å². The fraction of sp³-hybridized carbons (Fsp3) is 0. The summed E-state index contributed by atoms with van der Waals surface area (Å²) < 4.78 is 0. The Morgan fingerprint density at radius 1 is 1.00 bits per heavy atom. The van der Waals surface area contributed by atoms with Crippen molar-refractivity contribution in [2.75, 3.05) is 0 Å². The number of hydrogen-bond acceptors (Lipinski definition) is 0. The van der Waals surface area contributed by atoms with E-state index in [1.807, 2.05) is 0 Å². The molecule has 0 aromatic carbocycles. The topological polar surface area (TPSA) is 0 Å². The van der Waals surface area contributed by atoms with E-state index in [1.165, 1.54) is 0 Å². The molecule has 0 spiro atoms. The predicted molar refractivity (Wildman–Crippen MR) is 7.53 cm³/mol. The Bertz CT molecular complexity index is 9.61. The molecule has 0 heterocycles. The summed E-state index contributed by atoms with van der Waals surface area (Å²) >= 11 is 0. The molecule has 4 heavy (non-hydrogen) atoms. The molecule has 0 fully saturated rings. The first-order chi connectivity index (χ1) is 0. The van der Waals surface area contributed by atoms with E-state index >= 15 is 0 Å². The van der Waals surface area contributed by atoms with E-state index in [0.717, 1.165) is 0 Å². The summed E-state index contributed by atoms with van der Waals surface area (Å²) in [5, 5.41) is 0. The number of hydrogen-bond donors (Lipinski definition) is 0. The van der Waals surface area contributed by atoms with Crippen LogP contribution >= 0.6 is 0 Å². The standard InChI is InChI=1S/CH3.K.2Sc.H/h1H3;;;;/q-1;+1;2*+3;-1. The zero-order valence-electron chi connectivity index (χ0n) is 4.15. The van der Waals surface area contributed by atoms with Crippen LogP contribution in [0.15, 0.2) is 0 Å². The largest absolute Gasteiger partial charge is 3.00 e. The Balaban J connectivity index is 0. The molecule has 0 saturated heterocycles. The third-order valence-electron chi connectivity index (χ3n) is 0. The van der Waals surface area contributed by atoms with E-state index in [1.54, 1.807) is 0 Å². The molecule has 0 bridgehead atoms. The van der Waals surface area contributed by atoms with Crippen LogP contribution in [0.3, 0.4) is 0 Å². The molecule has 0 unspecified atom stereocenters. The zero-order chi connectivity index (χ0) is 0. The first-order valence-electron chi connectivity index (χ1n) is 0. The van der Waals surface area contributed by atoms with Crippen molar-refractivity contribution in [1.29, 1.82) is 0 Å². The van der Waals surface area contributed by atoms with Gasteiger partial charge in [-0.3, -0.25) is 0 Å². The van der Waals surface area contributed by atoms with Crippen molar-refractivity contribution in [2.45, 2.75) is 0 Å². The normalized spacial score (nSPS) is 0. The maximum atomic E-state index is 0. The van der Waals surface area contributed by atoms with Crippen LogP contribution < -0.4 is 51.4 Å². The second kappa shape index (κ2) is 16.2. The van der Waals surface area contributed by atoms with E-state index in [0.29, 0.717) is 0 Å². The summed E-state index contributed by atoms with van der Waals surface area (Å²) in [7, 11) is 0. The summed E-state index contributed by atoms with van der Waals surface area (Å²) in [4.78, 5) is 0. The summed E-state index contributed by atoms with van der Waals surface area (Å²) in [5.74, 6) is 0. The predicted octanol–water partition coefficient (Wildman–Crippen LogP) is -2.44. The van der Waals surface area contributed by atoms with Gasteiger partial charge >= 0.3 is 103 Å². The molecule has 0 aromatic heterocycles. The minimum atomic E-state index is 0. The summed E-state index contributed by atoms with van der Waals surface area (Å²) in [6.07, 6.45) is 0. The van der Waals surface area contributed by atoms with Gasteiger partial charge in [-0.2, -0.15) is 0 Å². The Morgan fingerprint density at radius 2 is 1.00 bits per heavy atom. The summed E-state index contributed by atoms with van der Waals surface area (Å²) in [6, 6.07) is 0. The molecular formula is CH4KSc2+5. The fourth-order valence-corrected chi connectivity index (χ4v) is 0. The minimum Gasteiger partial charge on any atom is -1.00 e. The van der Waals surface area contributed by atoms with E-state index in [2.05, 4.69) is 0 Å². The van der Waals surface area contributed by atoms with Crippen LogP contribution in [0.2, 0.25) is 0 Å². The first-order valence-corrected chi connectivity index (χ1v) is 0. The SMILES string of the molecule is [CH3-].[H-].[K+].[Sc+3].[Sc+3]. The van der Waals surface area contributed by atoms with Crippen LogP contribution in [0.1, 0.15) is 1.43 Å². The van der Waals surface area contributed by atoms with Crippen molar-refractivity contribution < 1.29 is 104 Å². The fourth-order valence-electron chi connectivity index (χ4n) is 0. The Kier molecular flexibility index (Phi) is 106. The van der Waals surface area contributed by atoms with Gasteiger partial charge in [0.1, 0.15) is 0 Å². The zero-order valence-corrected chi connectivity index (χ0v) is 9.88. The van der Waals surface area contributed by atoms with Crippen LogP contribution in [0, 0.1) is 7.43 Å². The Morgan fingerprint density at radius 3 is 1.00 bits per heavy atom. The molecule has 0 aliphatic rings. The van der Waals surface area contributed by atoms with Gasteiger partial charge in [0.05, 0.1) is 0 Å². The molecule has 0 aliphatic carbocycles. The summed E-state index contributed by atoms with van der Waals surface area (Å²) in [6.45, 7) is 0. The second-order valence-electron chi connectivity index (χ2n) is 0. The van der Waals surface area contributed by atoms with Gasteiger partial charge in [-0.05, 0) is 0 Å². The molecule has 3 heteroatoms. The average Bonchev–Trinajstić information content (AvgIpc) is 0. The Labute approximate surface area is 109 Å². The van der Waals surface area contributed by atoms with Gasteiger partial charge in [-0.15, -0.1) is 0 Å². The van der Waals surface area contributed by atoms with Gasteiger partial charge in [-0.25, -0.2) is 0 Å². The van der Waals surface area contributed by atoms with E-state index in [4.69, 9.17) is 0 Å². The van der Waals surface area contributed by atoms with Crippen molar-refractivity contribution >= 4 is 0 Å². The second-order valence-corrected chi connectivity index (χ2v) is 0. The molecule has 0 aromatic rings. The van der Waals surface area contributed by atoms with Crippen LogP contribution in [0.5, 0.6) is 0 Å². The molecule has 10 valence electrons. The maximum absolute atomic E-state index is 0. The van der Waals surface area contributed by atoms with Crippen molar-refractivity contribution in [1.82, 2.24) is 0 Å². The van der Waals surface area contributed by atoms with Crippen LogP contribution in [0.4, 0.5) is 0 Å². The van der Waals surface area contributed by atoms with Gasteiger partial charge < -0.3 is 8.85 Å². The molecule has 0 amide bonds.